The van der Waals surface area contributed by atoms with Crippen molar-refractivity contribution in [1.29, 1.82) is 0 Å². The normalized spacial score (nSPS) is 10.1. The zero-order valence-corrected chi connectivity index (χ0v) is 7.05. The molecule has 0 amide bonds. The minimum Gasteiger partial charge on any atom is -0.291 e. The third-order valence-corrected chi connectivity index (χ3v) is 1.74. The summed E-state index contributed by atoms with van der Waals surface area (Å²) >= 11 is 0. The molecule has 0 aliphatic rings. The maximum Gasteiger partial charge on any atom is 0.151 e. The van der Waals surface area contributed by atoms with Gasteiger partial charge in [-0.1, -0.05) is 0 Å². The fourth-order valence-electron chi connectivity index (χ4n) is 1.09. The Hall–Kier alpha value is -1.95. The van der Waals surface area contributed by atoms with Crippen molar-refractivity contribution in [1.82, 2.24) is 14.8 Å². The van der Waals surface area contributed by atoms with E-state index in [1.165, 1.54) is 29.5 Å². The Morgan fingerprint density at radius 1 is 1.43 bits per heavy atom. The first-order valence-corrected chi connectivity index (χ1v) is 3.86. The van der Waals surface area contributed by atoms with Crippen LogP contribution in [0.4, 0.5) is 10.1 Å². The van der Waals surface area contributed by atoms with Gasteiger partial charge < -0.3 is 0 Å². The lowest BCUT2D eigenvalue weighted by Crippen LogP contribution is -1.99. The molecule has 2 rings (SSSR count). The van der Waals surface area contributed by atoms with Crippen LogP contribution < -0.4 is 5.48 Å². The quantitative estimate of drug-likeness (QED) is 0.705. The Morgan fingerprint density at radius 2 is 2.29 bits per heavy atom. The number of aromatic nitrogens is 3. The van der Waals surface area contributed by atoms with Crippen molar-refractivity contribution in [3.63, 3.8) is 0 Å². The summed E-state index contributed by atoms with van der Waals surface area (Å²) in [5, 5.41) is 12.3. The summed E-state index contributed by atoms with van der Waals surface area (Å²) < 4.78 is 14.7. The van der Waals surface area contributed by atoms with Crippen molar-refractivity contribution < 1.29 is 9.60 Å². The van der Waals surface area contributed by atoms with E-state index in [1.54, 1.807) is 0 Å². The summed E-state index contributed by atoms with van der Waals surface area (Å²) in [5.74, 6) is -0.491. The van der Waals surface area contributed by atoms with E-state index in [9.17, 15) is 4.39 Å². The Bertz CT molecular complexity index is 429. The van der Waals surface area contributed by atoms with Gasteiger partial charge in [-0.3, -0.25) is 10.7 Å². The van der Waals surface area contributed by atoms with Crippen molar-refractivity contribution in [2.75, 3.05) is 5.48 Å². The molecule has 0 aliphatic heterocycles. The Morgan fingerprint density at radius 3 is 2.86 bits per heavy atom. The van der Waals surface area contributed by atoms with E-state index in [0.717, 1.165) is 6.07 Å². The van der Waals surface area contributed by atoms with Gasteiger partial charge in [0.05, 0.1) is 5.69 Å². The zero-order chi connectivity index (χ0) is 9.97. The molecule has 0 bridgehead atoms. The molecular formula is C8H7FN4O. The van der Waals surface area contributed by atoms with Gasteiger partial charge in [-0.25, -0.2) is 14.1 Å². The van der Waals surface area contributed by atoms with Crippen molar-refractivity contribution in [3.8, 4) is 5.69 Å². The van der Waals surface area contributed by atoms with Crippen LogP contribution in [-0.2, 0) is 0 Å². The van der Waals surface area contributed by atoms with Crippen LogP contribution in [0, 0.1) is 5.82 Å². The highest BCUT2D eigenvalue weighted by molar-refractivity contribution is 5.47. The molecule has 1 aromatic carbocycles. The molecule has 0 spiro atoms. The van der Waals surface area contributed by atoms with Crippen LogP contribution in [0.1, 0.15) is 0 Å². The van der Waals surface area contributed by atoms with Gasteiger partial charge in [0.2, 0.25) is 0 Å². The number of nitrogens with one attached hydrogen (secondary N) is 1. The maximum atomic E-state index is 13.4. The van der Waals surface area contributed by atoms with Crippen molar-refractivity contribution >= 4 is 5.69 Å². The summed E-state index contributed by atoms with van der Waals surface area (Å²) in [5.41, 5.74) is 2.42. The number of hydrogen-bond acceptors (Lipinski definition) is 4. The molecule has 1 heterocycles. The molecule has 1 aromatic heterocycles. The predicted molar refractivity (Wildman–Crippen MR) is 46.7 cm³/mol. The molecule has 0 radical (unpaired) electrons. The topological polar surface area (TPSA) is 63.0 Å². The first-order chi connectivity index (χ1) is 6.81. The number of nitrogens with zero attached hydrogens (tertiary/aromatic N) is 3. The summed E-state index contributed by atoms with van der Waals surface area (Å²) in [6.45, 7) is 0. The van der Waals surface area contributed by atoms with Crippen LogP contribution in [-0.4, -0.2) is 20.0 Å². The number of rotatable bonds is 2. The van der Waals surface area contributed by atoms with E-state index in [2.05, 4.69) is 10.1 Å². The first kappa shape index (κ1) is 8.64. The van der Waals surface area contributed by atoms with Crippen LogP contribution in [0.3, 0.4) is 0 Å². The minimum absolute atomic E-state index is 0.279. The molecule has 72 valence electrons. The van der Waals surface area contributed by atoms with Gasteiger partial charge in [0.25, 0.3) is 0 Å². The lowest BCUT2D eigenvalue weighted by atomic mass is 10.3. The molecule has 0 fully saturated rings. The monoisotopic (exact) mass is 194 g/mol. The second kappa shape index (κ2) is 3.43. The predicted octanol–water partition coefficient (Wildman–Crippen LogP) is 1.21. The van der Waals surface area contributed by atoms with Crippen LogP contribution >= 0.6 is 0 Å². The zero-order valence-electron chi connectivity index (χ0n) is 7.05. The van der Waals surface area contributed by atoms with Crippen LogP contribution in [0.25, 0.3) is 5.69 Å². The third-order valence-electron chi connectivity index (χ3n) is 1.74. The minimum atomic E-state index is -0.491. The highest BCUT2D eigenvalue weighted by atomic mass is 19.1. The van der Waals surface area contributed by atoms with Crippen molar-refractivity contribution in [3.05, 3.63) is 36.7 Å². The van der Waals surface area contributed by atoms with Crippen LogP contribution in [0.2, 0.25) is 0 Å². The van der Waals surface area contributed by atoms with Crippen molar-refractivity contribution in [2.45, 2.75) is 0 Å². The fourth-order valence-corrected chi connectivity index (χ4v) is 1.09. The summed E-state index contributed by atoms with van der Waals surface area (Å²) in [6.07, 6.45) is 2.71. The van der Waals surface area contributed by atoms with E-state index < -0.39 is 5.82 Å². The smallest absolute Gasteiger partial charge is 0.151 e. The van der Waals surface area contributed by atoms with Gasteiger partial charge in [0, 0.05) is 6.07 Å². The van der Waals surface area contributed by atoms with E-state index in [1.807, 2.05) is 5.48 Å². The standard InChI is InChI=1S/C8H7FN4O/c9-7-3-6(12-14)1-2-8(7)13-5-10-4-11-13/h1-5,12,14H. The van der Waals surface area contributed by atoms with E-state index in [0.29, 0.717) is 0 Å². The van der Waals surface area contributed by atoms with Gasteiger partial charge in [0.15, 0.2) is 5.82 Å². The highest BCUT2D eigenvalue weighted by Crippen LogP contribution is 2.16. The molecule has 6 heteroatoms. The molecule has 5 nitrogen and oxygen atoms in total. The SMILES string of the molecule is ONc1ccc(-n2cncn2)c(F)c1. The number of anilines is 1. The lowest BCUT2D eigenvalue weighted by molar-refractivity contribution is 0.388. The largest absolute Gasteiger partial charge is 0.291 e. The second-order valence-electron chi connectivity index (χ2n) is 2.62. The summed E-state index contributed by atoms with van der Waals surface area (Å²) in [6, 6.07) is 4.18. The highest BCUT2D eigenvalue weighted by Gasteiger charge is 2.05. The molecule has 0 aliphatic carbocycles. The molecule has 0 unspecified atom stereocenters. The van der Waals surface area contributed by atoms with Crippen molar-refractivity contribution in [2.24, 2.45) is 0 Å². The van der Waals surface area contributed by atoms with E-state index in [4.69, 9.17) is 5.21 Å². The Labute approximate surface area is 78.8 Å². The third kappa shape index (κ3) is 1.42. The van der Waals surface area contributed by atoms with Gasteiger partial charge in [-0.2, -0.15) is 5.10 Å². The number of benzene rings is 1. The van der Waals surface area contributed by atoms with Gasteiger partial charge in [-0.15, -0.1) is 0 Å². The van der Waals surface area contributed by atoms with Gasteiger partial charge >= 0.3 is 0 Å². The Balaban J connectivity index is 2.46. The lowest BCUT2D eigenvalue weighted by Gasteiger charge is -2.04. The summed E-state index contributed by atoms with van der Waals surface area (Å²) in [4.78, 5) is 3.70. The maximum absolute atomic E-state index is 13.4. The van der Waals surface area contributed by atoms with E-state index >= 15 is 0 Å². The molecule has 14 heavy (non-hydrogen) atoms. The summed E-state index contributed by atoms with van der Waals surface area (Å²) in [7, 11) is 0. The fraction of sp³-hybridized carbons (Fsp3) is 0. The van der Waals surface area contributed by atoms with Gasteiger partial charge in [-0.05, 0) is 12.1 Å². The molecule has 0 saturated heterocycles. The molecule has 2 aromatic rings. The molecule has 2 N–H and O–H groups in total. The molecule has 0 saturated carbocycles. The molecule has 0 atom stereocenters. The first-order valence-electron chi connectivity index (χ1n) is 3.86. The average molecular weight is 194 g/mol. The number of hydrogen-bond donors (Lipinski definition) is 2. The molecular weight excluding hydrogens is 187 g/mol. The van der Waals surface area contributed by atoms with Gasteiger partial charge in [0.1, 0.15) is 18.3 Å². The number of halogens is 1. The Kier molecular flexibility index (Phi) is 2.11. The van der Waals surface area contributed by atoms with Crippen LogP contribution in [0.5, 0.6) is 0 Å². The average Bonchev–Trinajstić information content (AvgIpc) is 2.70. The van der Waals surface area contributed by atoms with Crippen LogP contribution in [0.15, 0.2) is 30.9 Å². The van der Waals surface area contributed by atoms with E-state index in [-0.39, 0.29) is 11.4 Å². The second-order valence-corrected chi connectivity index (χ2v) is 2.62.